The molecule has 1 amide bonds. The molecule has 166 valence electrons. The van der Waals surface area contributed by atoms with E-state index in [1.807, 2.05) is 6.92 Å². The molecule has 0 bridgehead atoms. The highest BCUT2D eigenvalue weighted by molar-refractivity contribution is 6.04. The van der Waals surface area contributed by atoms with Crippen molar-refractivity contribution >= 4 is 17.7 Å². The predicted octanol–water partition coefficient (Wildman–Crippen LogP) is 1.57. The molecule has 2 heterocycles. The van der Waals surface area contributed by atoms with E-state index in [-0.39, 0.29) is 30.8 Å². The molecule has 3 rings (SSSR count). The number of ether oxygens (including phenoxy) is 2. The van der Waals surface area contributed by atoms with Crippen LogP contribution in [0.25, 0.3) is 0 Å². The van der Waals surface area contributed by atoms with Crippen LogP contribution < -0.4 is 0 Å². The third-order valence-corrected chi connectivity index (χ3v) is 6.04. The number of amides is 1. The zero-order valence-corrected chi connectivity index (χ0v) is 18.5. The Bertz CT molecular complexity index is 806. The lowest BCUT2D eigenvalue weighted by Crippen LogP contribution is -2.45. The minimum absolute atomic E-state index is 0.0353. The van der Waals surface area contributed by atoms with Gasteiger partial charge >= 0.3 is 5.97 Å². The Morgan fingerprint density at radius 3 is 2.43 bits per heavy atom. The average Bonchev–Trinajstić information content (AvgIpc) is 3.54. The summed E-state index contributed by atoms with van der Waals surface area (Å²) >= 11 is 0. The molecule has 0 atom stereocenters. The van der Waals surface area contributed by atoms with E-state index in [1.54, 1.807) is 30.4 Å². The van der Waals surface area contributed by atoms with Gasteiger partial charge in [0.25, 0.3) is 0 Å². The summed E-state index contributed by atoms with van der Waals surface area (Å²) in [7, 11) is 1.76. The number of Topliss-reactive ketones (excluding diaryl/α,β-unsaturated/α-hetero) is 1. The van der Waals surface area contributed by atoms with Crippen LogP contribution in [0.4, 0.5) is 0 Å². The van der Waals surface area contributed by atoms with E-state index in [0.717, 1.165) is 32.5 Å². The Kier molecular flexibility index (Phi) is 7.31. The van der Waals surface area contributed by atoms with Crippen molar-refractivity contribution in [1.29, 1.82) is 0 Å². The number of morpholine rings is 1. The van der Waals surface area contributed by atoms with Crippen LogP contribution in [0.15, 0.2) is 0 Å². The summed E-state index contributed by atoms with van der Waals surface area (Å²) < 4.78 is 12.2. The molecule has 0 spiro atoms. The fraction of sp³-hybridized carbons (Fsp3) is 0.682. The lowest BCUT2D eigenvalue weighted by molar-refractivity contribution is -0.132. The molecular weight excluding hydrogens is 386 g/mol. The molecule has 0 N–H and O–H groups in total. The van der Waals surface area contributed by atoms with Gasteiger partial charge in [-0.15, -0.1) is 0 Å². The molecule has 1 aliphatic carbocycles. The summed E-state index contributed by atoms with van der Waals surface area (Å²) in [6, 6.07) is 0. The Morgan fingerprint density at radius 1 is 1.17 bits per heavy atom. The number of ketones is 1. The fourth-order valence-corrected chi connectivity index (χ4v) is 4.07. The largest absolute Gasteiger partial charge is 0.461 e. The van der Waals surface area contributed by atoms with Crippen LogP contribution in [-0.2, 0) is 21.3 Å². The first-order valence-corrected chi connectivity index (χ1v) is 10.8. The van der Waals surface area contributed by atoms with Gasteiger partial charge < -0.3 is 18.9 Å². The maximum absolute atomic E-state index is 13.2. The summed E-state index contributed by atoms with van der Waals surface area (Å²) in [6.45, 7) is 10.0. The van der Waals surface area contributed by atoms with Crippen molar-refractivity contribution in [3.8, 4) is 0 Å². The van der Waals surface area contributed by atoms with Crippen molar-refractivity contribution < 1.29 is 23.9 Å². The molecule has 1 saturated carbocycles. The first kappa shape index (κ1) is 22.5. The zero-order valence-electron chi connectivity index (χ0n) is 18.5. The van der Waals surface area contributed by atoms with Crippen molar-refractivity contribution in [3.05, 3.63) is 22.5 Å². The van der Waals surface area contributed by atoms with E-state index < -0.39 is 5.97 Å². The predicted molar refractivity (Wildman–Crippen MR) is 112 cm³/mol. The smallest absolute Gasteiger partial charge is 0.355 e. The van der Waals surface area contributed by atoms with E-state index >= 15 is 0 Å². The van der Waals surface area contributed by atoms with Crippen LogP contribution in [0.5, 0.6) is 0 Å². The van der Waals surface area contributed by atoms with Gasteiger partial charge in [-0.25, -0.2) is 4.79 Å². The van der Waals surface area contributed by atoms with E-state index in [4.69, 9.17) is 9.47 Å². The van der Waals surface area contributed by atoms with E-state index in [0.29, 0.717) is 42.3 Å². The summed E-state index contributed by atoms with van der Waals surface area (Å²) in [6.07, 6.45) is 1.80. The number of hydrogen-bond donors (Lipinski definition) is 0. The Labute approximate surface area is 178 Å². The van der Waals surface area contributed by atoms with Gasteiger partial charge in [0.05, 0.1) is 26.4 Å². The van der Waals surface area contributed by atoms with E-state index in [1.165, 1.54) is 0 Å². The van der Waals surface area contributed by atoms with Crippen LogP contribution in [-0.4, -0.2) is 84.6 Å². The molecule has 8 heteroatoms. The van der Waals surface area contributed by atoms with Gasteiger partial charge in [0, 0.05) is 50.4 Å². The lowest BCUT2D eigenvalue weighted by Gasteiger charge is -2.30. The number of carbonyl (C=O) groups excluding carboxylic acids is 3. The van der Waals surface area contributed by atoms with Crippen LogP contribution in [0, 0.1) is 19.8 Å². The van der Waals surface area contributed by atoms with Crippen LogP contribution in [0.3, 0.4) is 0 Å². The number of nitrogens with zero attached hydrogens (tertiary/aromatic N) is 3. The Hall–Kier alpha value is -2.19. The first-order valence-electron chi connectivity index (χ1n) is 10.8. The number of hydrogen-bond acceptors (Lipinski definition) is 6. The van der Waals surface area contributed by atoms with Crippen molar-refractivity contribution in [2.24, 2.45) is 13.0 Å². The molecule has 1 saturated heterocycles. The third-order valence-electron chi connectivity index (χ3n) is 6.04. The van der Waals surface area contributed by atoms with Crippen molar-refractivity contribution in [2.45, 2.75) is 33.6 Å². The number of aromatic nitrogens is 1. The summed E-state index contributed by atoms with van der Waals surface area (Å²) in [4.78, 5) is 42.4. The Balaban J connectivity index is 1.75. The highest BCUT2D eigenvalue weighted by atomic mass is 16.5. The highest BCUT2D eigenvalue weighted by Gasteiger charge is 2.35. The second-order valence-electron chi connectivity index (χ2n) is 8.12. The van der Waals surface area contributed by atoms with Gasteiger partial charge in [-0.3, -0.25) is 14.5 Å². The second kappa shape index (κ2) is 9.75. The van der Waals surface area contributed by atoms with Crippen molar-refractivity contribution in [3.63, 3.8) is 0 Å². The normalized spacial score (nSPS) is 17.1. The lowest BCUT2D eigenvalue weighted by atomic mass is 10.0. The molecule has 1 aliphatic heterocycles. The molecule has 8 nitrogen and oxygen atoms in total. The summed E-state index contributed by atoms with van der Waals surface area (Å²) in [5, 5.41) is 0. The van der Waals surface area contributed by atoms with Gasteiger partial charge in [0.1, 0.15) is 5.69 Å². The molecule has 1 aromatic heterocycles. The fourth-order valence-electron chi connectivity index (χ4n) is 4.07. The zero-order chi connectivity index (χ0) is 21.8. The van der Waals surface area contributed by atoms with E-state index in [9.17, 15) is 14.4 Å². The van der Waals surface area contributed by atoms with Crippen molar-refractivity contribution in [1.82, 2.24) is 14.4 Å². The molecule has 0 unspecified atom stereocenters. The van der Waals surface area contributed by atoms with Gasteiger partial charge in [-0.2, -0.15) is 0 Å². The molecule has 2 fully saturated rings. The molecule has 2 aliphatic rings. The average molecular weight is 420 g/mol. The van der Waals surface area contributed by atoms with Crippen molar-refractivity contribution in [2.75, 3.05) is 52.5 Å². The minimum Gasteiger partial charge on any atom is -0.461 e. The number of carbonyl (C=O) groups is 3. The SMILES string of the molecule is CCOC(=O)c1c(C)c(C(=O)CN(CCN2CCOCC2)C(=O)C2CC2)c(C)n1C. The van der Waals surface area contributed by atoms with E-state index in [2.05, 4.69) is 4.90 Å². The molecular formula is C22H33N3O5. The highest BCUT2D eigenvalue weighted by Crippen LogP contribution is 2.31. The van der Waals surface area contributed by atoms with Crippen LogP contribution in [0.2, 0.25) is 0 Å². The topological polar surface area (TPSA) is 81.1 Å². The summed E-state index contributed by atoms with van der Waals surface area (Å²) in [5.41, 5.74) is 2.24. The molecule has 0 aromatic carbocycles. The van der Waals surface area contributed by atoms with Gasteiger partial charge in [0.2, 0.25) is 5.91 Å². The molecule has 0 radical (unpaired) electrons. The van der Waals surface area contributed by atoms with Gasteiger partial charge in [-0.05, 0) is 39.2 Å². The second-order valence-corrected chi connectivity index (χ2v) is 8.12. The van der Waals surface area contributed by atoms with Gasteiger partial charge in [-0.1, -0.05) is 0 Å². The first-order chi connectivity index (χ1) is 14.3. The standard InChI is InChI=1S/C22H33N3O5/c1-5-30-22(28)20-15(2)19(16(3)23(20)4)18(26)14-25(21(27)17-6-7-17)9-8-24-10-12-29-13-11-24/h17H,5-14H2,1-4H3. The van der Waals surface area contributed by atoms with Crippen LogP contribution in [0.1, 0.15) is 51.9 Å². The minimum atomic E-state index is -0.433. The van der Waals surface area contributed by atoms with Gasteiger partial charge in [0.15, 0.2) is 5.78 Å². The molecule has 1 aromatic rings. The maximum Gasteiger partial charge on any atom is 0.355 e. The third kappa shape index (κ3) is 4.92. The molecule has 30 heavy (non-hydrogen) atoms. The Morgan fingerprint density at radius 2 is 1.83 bits per heavy atom. The monoisotopic (exact) mass is 419 g/mol. The van der Waals surface area contributed by atoms with Crippen LogP contribution >= 0.6 is 0 Å². The summed E-state index contributed by atoms with van der Waals surface area (Å²) in [5.74, 6) is -0.450. The number of rotatable bonds is 9. The number of esters is 1. The quantitative estimate of drug-likeness (QED) is 0.447. The maximum atomic E-state index is 13.2.